The molecule has 0 radical (unpaired) electrons. The second kappa shape index (κ2) is 12.2. The summed E-state index contributed by atoms with van der Waals surface area (Å²) in [6, 6.07) is 4.19. The highest BCUT2D eigenvalue weighted by Gasteiger charge is 2.41. The highest BCUT2D eigenvalue weighted by molar-refractivity contribution is 6.02. The second-order valence-corrected chi connectivity index (χ2v) is 14.9. The molecule has 246 valence electrons. The van der Waals surface area contributed by atoms with Gasteiger partial charge in [0, 0.05) is 51.1 Å². The molecule has 2 aromatic rings. The zero-order valence-corrected chi connectivity index (χ0v) is 27.5. The van der Waals surface area contributed by atoms with E-state index in [-0.39, 0.29) is 30.1 Å². The van der Waals surface area contributed by atoms with Crippen molar-refractivity contribution in [1.29, 1.82) is 0 Å². The third kappa shape index (κ3) is 6.42. The number of anilines is 1. The van der Waals surface area contributed by atoms with Gasteiger partial charge in [0.25, 0.3) is 0 Å². The van der Waals surface area contributed by atoms with Crippen LogP contribution in [0.25, 0.3) is 10.9 Å². The number of ether oxygens (including phenoxy) is 1. The number of rotatable bonds is 4. The van der Waals surface area contributed by atoms with Crippen LogP contribution < -0.4 is 10.2 Å². The maximum absolute atomic E-state index is 16.0. The predicted octanol–water partition coefficient (Wildman–Crippen LogP) is 4.95. The van der Waals surface area contributed by atoms with E-state index < -0.39 is 11.5 Å². The fourth-order valence-corrected chi connectivity index (χ4v) is 8.12. The lowest BCUT2D eigenvalue weighted by atomic mass is 9.70. The molecule has 4 aliphatic heterocycles. The van der Waals surface area contributed by atoms with E-state index in [4.69, 9.17) is 4.74 Å². The Bertz CT molecular complexity index is 1440. The number of aromatic nitrogens is 2. The lowest BCUT2D eigenvalue weighted by molar-refractivity contribution is -0.134. The van der Waals surface area contributed by atoms with Crippen molar-refractivity contribution in [2.75, 3.05) is 44.2 Å². The minimum absolute atomic E-state index is 0.188. The third-order valence-electron chi connectivity index (χ3n) is 11.0. The maximum Gasteiger partial charge on any atom is 0.410 e. The highest BCUT2D eigenvalue weighted by Crippen LogP contribution is 2.43. The summed E-state index contributed by atoms with van der Waals surface area (Å²) >= 11 is 0. The third-order valence-corrected chi connectivity index (χ3v) is 11.0. The van der Waals surface area contributed by atoms with Gasteiger partial charge in [-0.05, 0) is 109 Å². The number of aryl methyl sites for hydroxylation is 1. The van der Waals surface area contributed by atoms with Crippen LogP contribution in [0.5, 0.6) is 0 Å². The first kappa shape index (κ1) is 31.8. The van der Waals surface area contributed by atoms with E-state index in [1.54, 1.807) is 7.05 Å². The Balaban J connectivity index is 1.03. The Morgan fingerprint density at radius 2 is 1.67 bits per heavy atom. The van der Waals surface area contributed by atoms with Gasteiger partial charge in [-0.15, -0.1) is 0 Å². The first-order chi connectivity index (χ1) is 21.3. The van der Waals surface area contributed by atoms with Crippen LogP contribution in [0.4, 0.5) is 14.9 Å². The zero-order chi connectivity index (χ0) is 32.1. The highest BCUT2D eigenvalue weighted by atomic mass is 19.1. The molecule has 4 saturated heterocycles. The molecule has 1 aromatic heterocycles. The number of hydrogen-bond acceptors (Lipinski definition) is 7. The molecule has 1 aromatic carbocycles. The summed E-state index contributed by atoms with van der Waals surface area (Å²) in [5.41, 5.74) is 1.39. The number of piperidine rings is 4. The van der Waals surface area contributed by atoms with Gasteiger partial charge < -0.3 is 19.4 Å². The van der Waals surface area contributed by atoms with Crippen LogP contribution in [0.1, 0.15) is 90.7 Å². The Morgan fingerprint density at radius 3 is 2.29 bits per heavy atom. The molecule has 6 rings (SSSR count). The Morgan fingerprint density at radius 1 is 1.02 bits per heavy atom. The number of nitrogens with zero attached hydrogens (tertiary/aromatic N) is 5. The zero-order valence-electron chi connectivity index (χ0n) is 27.5. The summed E-state index contributed by atoms with van der Waals surface area (Å²) < 4.78 is 23.1. The van der Waals surface area contributed by atoms with Gasteiger partial charge in [0.15, 0.2) is 5.82 Å². The monoisotopic (exact) mass is 624 g/mol. The van der Waals surface area contributed by atoms with Crippen LogP contribution in [0.3, 0.4) is 0 Å². The van der Waals surface area contributed by atoms with Crippen LogP contribution in [-0.2, 0) is 21.4 Å². The van der Waals surface area contributed by atoms with Crippen molar-refractivity contribution in [1.82, 2.24) is 24.9 Å². The fraction of sp³-hybridized carbons (Fsp3) is 0.706. The van der Waals surface area contributed by atoms with Crippen LogP contribution in [0, 0.1) is 17.2 Å². The number of hydrogen-bond donors (Lipinski definition) is 1. The molecule has 4 fully saturated rings. The number of nitrogens with one attached hydrogen (secondary N) is 1. The number of carbonyl (C=O) groups excluding carboxylic acids is 3. The van der Waals surface area contributed by atoms with Crippen molar-refractivity contribution in [3.8, 4) is 0 Å². The van der Waals surface area contributed by atoms with Crippen molar-refractivity contribution in [2.45, 2.75) is 96.6 Å². The standard InChI is InChI=1S/C34H49FN6O4/c1-22(39-18-12-34(13-19-39)14-20-41(21-15-34)32(44)45-33(2,3)4)23-10-16-40(17-11-23)26-8-6-24-29(37-38(5)30(24)28(26)35)25-7-9-27(42)36-31(25)43/h6,8,22-23,25H,7,9-21H2,1-5H3,(H,36,42,43)/t22-,25?/m1/s1. The summed E-state index contributed by atoms with van der Waals surface area (Å²) in [6.07, 6.45) is 6.93. The van der Waals surface area contributed by atoms with Gasteiger partial charge in [-0.1, -0.05) is 0 Å². The van der Waals surface area contributed by atoms with E-state index >= 15 is 4.39 Å². The largest absolute Gasteiger partial charge is 0.444 e. The molecule has 3 amide bonds. The summed E-state index contributed by atoms with van der Waals surface area (Å²) in [5.74, 6) is -0.925. The van der Waals surface area contributed by atoms with Crippen molar-refractivity contribution < 1.29 is 23.5 Å². The molecule has 4 aliphatic rings. The van der Waals surface area contributed by atoms with Crippen molar-refractivity contribution in [3.05, 3.63) is 23.6 Å². The molecule has 11 heteroatoms. The number of likely N-dealkylation sites (tertiary alicyclic amines) is 2. The van der Waals surface area contributed by atoms with E-state index in [1.807, 2.05) is 37.8 Å². The van der Waals surface area contributed by atoms with Crippen LogP contribution in [0.2, 0.25) is 0 Å². The van der Waals surface area contributed by atoms with Gasteiger partial charge in [0.05, 0.1) is 17.3 Å². The summed E-state index contributed by atoms with van der Waals surface area (Å²) in [7, 11) is 1.71. The minimum atomic E-state index is -0.552. The molecule has 45 heavy (non-hydrogen) atoms. The molecule has 0 saturated carbocycles. The van der Waals surface area contributed by atoms with Crippen molar-refractivity contribution in [2.24, 2.45) is 18.4 Å². The van der Waals surface area contributed by atoms with E-state index in [0.717, 1.165) is 65.0 Å². The van der Waals surface area contributed by atoms with Crippen LogP contribution >= 0.6 is 0 Å². The average molecular weight is 625 g/mol. The molecule has 1 N–H and O–H groups in total. The maximum atomic E-state index is 16.0. The molecule has 2 atom stereocenters. The lowest BCUT2D eigenvalue weighted by Gasteiger charge is -2.49. The Kier molecular flexibility index (Phi) is 8.60. The van der Waals surface area contributed by atoms with Gasteiger partial charge in [0.2, 0.25) is 11.8 Å². The quantitative estimate of drug-likeness (QED) is 0.481. The SMILES string of the molecule is C[C@H](C1CCN(c2ccc3c(C4CCC(=O)NC4=O)nn(C)c3c2F)CC1)N1CCC2(CCN(C(=O)OC(C)(C)C)CC2)CC1. The summed E-state index contributed by atoms with van der Waals surface area (Å²) in [5, 5.41) is 7.56. The number of halogens is 1. The lowest BCUT2D eigenvalue weighted by Crippen LogP contribution is -2.52. The van der Waals surface area contributed by atoms with Gasteiger partial charge in [-0.25, -0.2) is 9.18 Å². The van der Waals surface area contributed by atoms with Gasteiger partial charge in [-0.3, -0.25) is 19.6 Å². The number of benzene rings is 1. The minimum Gasteiger partial charge on any atom is -0.444 e. The van der Waals surface area contributed by atoms with E-state index in [1.165, 1.54) is 17.5 Å². The molecule has 0 aliphatic carbocycles. The predicted molar refractivity (Wildman–Crippen MR) is 170 cm³/mol. The second-order valence-electron chi connectivity index (χ2n) is 14.9. The number of amides is 3. The number of fused-ring (bicyclic) bond motifs is 1. The Hall–Kier alpha value is -3.21. The van der Waals surface area contributed by atoms with Gasteiger partial charge in [0.1, 0.15) is 11.1 Å². The van der Waals surface area contributed by atoms with Crippen molar-refractivity contribution in [3.63, 3.8) is 0 Å². The fourth-order valence-electron chi connectivity index (χ4n) is 8.12. The normalized spacial score (nSPS) is 24.3. The summed E-state index contributed by atoms with van der Waals surface area (Å²) in [4.78, 5) is 43.4. The molecule has 1 spiro atoms. The molecule has 5 heterocycles. The molecular formula is C34H49FN6O4. The smallest absolute Gasteiger partial charge is 0.410 e. The number of imide groups is 1. The molecule has 0 bridgehead atoms. The van der Waals surface area contributed by atoms with E-state index in [0.29, 0.717) is 46.1 Å². The van der Waals surface area contributed by atoms with Gasteiger partial charge >= 0.3 is 6.09 Å². The number of carbonyl (C=O) groups is 3. The van der Waals surface area contributed by atoms with Crippen LogP contribution in [0.15, 0.2) is 12.1 Å². The summed E-state index contributed by atoms with van der Waals surface area (Å²) in [6.45, 7) is 13.5. The molecular weight excluding hydrogens is 575 g/mol. The van der Waals surface area contributed by atoms with Gasteiger partial charge in [-0.2, -0.15) is 5.10 Å². The van der Waals surface area contributed by atoms with E-state index in [2.05, 4.69) is 27.1 Å². The average Bonchev–Trinajstić information content (AvgIpc) is 3.33. The Labute approximate surface area is 265 Å². The molecule has 10 nitrogen and oxygen atoms in total. The van der Waals surface area contributed by atoms with Crippen molar-refractivity contribution >= 4 is 34.5 Å². The first-order valence-corrected chi connectivity index (χ1v) is 16.8. The molecule has 1 unspecified atom stereocenters. The topological polar surface area (TPSA) is 100 Å². The van der Waals surface area contributed by atoms with E-state index in [9.17, 15) is 14.4 Å². The van der Waals surface area contributed by atoms with Crippen LogP contribution in [-0.4, -0.2) is 88.4 Å². The first-order valence-electron chi connectivity index (χ1n) is 16.8.